The number of rotatable bonds is 5. The fraction of sp³-hybridized carbons (Fsp3) is 0.350. The Morgan fingerprint density at radius 2 is 1.92 bits per heavy atom. The fourth-order valence-corrected chi connectivity index (χ4v) is 3.46. The molecule has 1 aliphatic heterocycles. The van der Waals surface area contributed by atoms with Crippen LogP contribution in [0, 0.1) is 6.92 Å². The molecule has 1 atom stereocenters. The van der Waals surface area contributed by atoms with Crippen LogP contribution >= 0.6 is 15.9 Å². The molecule has 0 bridgehead atoms. The van der Waals surface area contributed by atoms with Crippen molar-refractivity contribution >= 4 is 21.8 Å². The van der Waals surface area contributed by atoms with E-state index in [2.05, 4.69) is 57.3 Å². The monoisotopic (exact) mass is 402 g/mol. The first-order valence-corrected chi connectivity index (χ1v) is 9.35. The van der Waals surface area contributed by atoms with Crippen molar-refractivity contribution in [3.8, 4) is 0 Å². The molecule has 1 fully saturated rings. The summed E-state index contributed by atoms with van der Waals surface area (Å²) < 4.78 is 6.38. The van der Waals surface area contributed by atoms with E-state index in [4.69, 9.17) is 4.74 Å². The van der Waals surface area contributed by atoms with Crippen LogP contribution in [0.3, 0.4) is 0 Å². The molecule has 3 rings (SSSR count). The van der Waals surface area contributed by atoms with Crippen LogP contribution in [0.1, 0.15) is 27.5 Å². The van der Waals surface area contributed by atoms with Gasteiger partial charge in [0, 0.05) is 29.7 Å². The minimum Gasteiger partial charge on any atom is -0.379 e. The van der Waals surface area contributed by atoms with Gasteiger partial charge in [0.05, 0.1) is 19.3 Å². The zero-order valence-corrected chi connectivity index (χ0v) is 16.0. The van der Waals surface area contributed by atoms with Gasteiger partial charge in [-0.2, -0.15) is 0 Å². The molecule has 0 aliphatic carbocycles. The number of nitrogens with one attached hydrogen (secondary N) is 1. The van der Waals surface area contributed by atoms with Gasteiger partial charge in [0.25, 0.3) is 5.91 Å². The second-order valence-corrected chi connectivity index (χ2v) is 7.21. The van der Waals surface area contributed by atoms with Gasteiger partial charge in [0.15, 0.2) is 0 Å². The zero-order valence-electron chi connectivity index (χ0n) is 14.4. The molecule has 5 heteroatoms. The van der Waals surface area contributed by atoms with Crippen LogP contribution in [0.4, 0.5) is 0 Å². The Morgan fingerprint density at radius 3 is 2.60 bits per heavy atom. The number of carbonyl (C=O) groups excluding carboxylic acids is 1. The standard InChI is InChI=1S/C20H23BrN2O2/c1-15-5-7-16(8-6-15)19(23-9-11-25-12-10-23)14-22-20(24)17-3-2-4-18(21)13-17/h2-8,13,19H,9-12,14H2,1H3,(H,22,24)/t19-/m0/s1. The summed E-state index contributed by atoms with van der Waals surface area (Å²) in [6.07, 6.45) is 0. The Hall–Kier alpha value is -1.69. The Balaban J connectivity index is 1.73. The predicted molar refractivity (Wildman–Crippen MR) is 103 cm³/mol. The highest BCUT2D eigenvalue weighted by atomic mass is 79.9. The maximum Gasteiger partial charge on any atom is 0.251 e. The molecule has 4 nitrogen and oxygen atoms in total. The van der Waals surface area contributed by atoms with Gasteiger partial charge in [-0.15, -0.1) is 0 Å². The molecule has 1 aliphatic rings. The van der Waals surface area contributed by atoms with Gasteiger partial charge in [-0.25, -0.2) is 0 Å². The Morgan fingerprint density at radius 1 is 1.20 bits per heavy atom. The lowest BCUT2D eigenvalue weighted by Crippen LogP contribution is -2.43. The van der Waals surface area contributed by atoms with E-state index in [1.165, 1.54) is 11.1 Å². The molecule has 0 aromatic heterocycles. The van der Waals surface area contributed by atoms with Gasteiger partial charge in [0.2, 0.25) is 0 Å². The van der Waals surface area contributed by atoms with Crippen LogP contribution in [-0.2, 0) is 4.74 Å². The quantitative estimate of drug-likeness (QED) is 0.830. The lowest BCUT2D eigenvalue weighted by molar-refractivity contribution is 0.0162. The average molecular weight is 403 g/mol. The van der Waals surface area contributed by atoms with Crippen molar-refractivity contribution < 1.29 is 9.53 Å². The van der Waals surface area contributed by atoms with Crippen molar-refractivity contribution in [1.29, 1.82) is 0 Å². The van der Waals surface area contributed by atoms with Crippen LogP contribution in [0.5, 0.6) is 0 Å². The Bertz CT molecular complexity index is 712. The molecule has 1 saturated heterocycles. The molecule has 1 heterocycles. The van der Waals surface area contributed by atoms with Crippen molar-refractivity contribution in [3.05, 3.63) is 69.7 Å². The largest absolute Gasteiger partial charge is 0.379 e. The molecular weight excluding hydrogens is 380 g/mol. The molecule has 0 spiro atoms. The topological polar surface area (TPSA) is 41.6 Å². The van der Waals surface area contributed by atoms with Gasteiger partial charge in [-0.05, 0) is 30.7 Å². The zero-order chi connectivity index (χ0) is 17.6. The van der Waals surface area contributed by atoms with E-state index in [1.54, 1.807) is 0 Å². The van der Waals surface area contributed by atoms with E-state index in [-0.39, 0.29) is 11.9 Å². The molecule has 1 N–H and O–H groups in total. The number of hydrogen-bond acceptors (Lipinski definition) is 3. The Kier molecular flexibility index (Phi) is 6.24. The van der Waals surface area contributed by atoms with E-state index < -0.39 is 0 Å². The summed E-state index contributed by atoms with van der Waals surface area (Å²) >= 11 is 3.41. The second kappa shape index (κ2) is 8.61. The van der Waals surface area contributed by atoms with Crippen molar-refractivity contribution in [2.75, 3.05) is 32.8 Å². The number of carbonyl (C=O) groups is 1. The molecular formula is C20H23BrN2O2. The summed E-state index contributed by atoms with van der Waals surface area (Å²) in [5.41, 5.74) is 3.13. The summed E-state index contributed by atoms with van der Waals surface area (Å²) in [5, 5.41) is 3.09. The molecule has 2 aromatic rings. The molecule has 132 valence electrons. The van der Waals surface area contributed by atoms with Crippen molar-refractivity contribution in [2.45, 2.75) is 13.0 Å². The van der Waals surface area contributed by atoms with Gasteiger partial charge < -0.3 is 10.1 Å². The van der Waals surface area contributed by atoms with Crippen LogP contribution in [0.25, 0.3) is 0 Å². The van der Waals surface area contributed by atoms with E-state index in [9.17, 15) is 4.79 Å². The number of aryl methyl sites for hydroxylation is 1. The second-order valence-electron chi connectivity index (χ2n) is 6.30. The number of amides is 1. The molecule has 2 aromatic carbocycles. The third-order valence-electron chi connectivity index (χ3n) is 4.49. The van der Waals surface area contributed by atoms with Crippen LogP contribution in [-0.4, -0.2) is 43.7 Å². The van der Waals surface area contributed by atoms with Crippen molar-refractivity contribution in [3.63, 3.8) is 0 Å². The van der Waals surface area contributed by atoms with Crippen LogP contribution < -0.4 is 5.32 Å². The van der Waals surface area contributed by atoms with E-state index in [0.29, 0.717) is 12.1 Å². The smallest absolute Gasteiger partial charge is 0.251 e. The molecule has 0 unspecified atom stereocenters. The molecule has 0 saturated carbocycles. The minimum atomic E-state index is -0.0494. The van der Waals surface area contributed by atoms with Crippen LogP contribution in [0.2, 0.25) is 0 Å². The maximum absolute atomic E-state index is 12.5. The van der Waals surface area contributed by atoms with Gasteiger partial charge in [-0.3, -0.25) is 9.69 Å². The molecule has 0 radical (unpaired) electrons. The first-order valence-electron chi connectivity index (χ1n) is 8.55. The van der Waals surface area contributed by atoms with E-state index in [0.717, 1.165) is 30.8 Å². The first-order chi connectivity index (χ1) is 12.1. The highest BCUT2D eigenvalue weighted by Gasteiger charge is 2.23. The third-order valence-corrected chi connectivity index (χ3v) is 4.98. The summed E-state index contributed by atoms with van der Waals surface area (Å²) in [5.74, 6) is -0.0494. The van der Waals surface area contributed by atoms with Gasteiger partial charge in [0.1, 0.15) is 0 Å². The number of nitrogens with zero attached hydrogens (tertiary/aromatic N) is 1. The number of morpholine rings is 1. The lowest BCUT2D eigenvalue weighted by Gasteiger charge is -2.35. The number of ether oxygens (including phenoxy) is 1. The average Bonchev–Trinajstić information content (AvgIpc) is 2.64. The van der Waals surface area contributed by atoms with Gasteiger partial charge in [-0.1, -0.05) is 51.8 Å². The summed E-state index contributed by atoms with van der Waals surface area (Å²) in [6.45, 7) is 5.90. The van der Waals surface area contributed by atoms with E-state index in [1.807, 2.05) is 24.3 Å². The minimum absolute atomic E-state index is 0.0494. The first kappa shape index (κ1) is 18.1. The Labute approximate surface area is 157 Å². The lowest BCUT2D eigenvalue weighted by atomic mass is 10.0. The van der Waals surface area contributed by atoms with E-state index >= 15 is 0 Å². The molecule has 25 heavy (non-hydrogen) atoms. The van der Waals surface area contributed by atoms with Crippen molar-refractivity contribution in [1.82, 2.24) is 10.2 Å². The summed E-state index contributed by atoms with van der Waals surface area (Å²) in [7, 11) is 0. The predicted octanol–water partition coefficient (Wildman–Crippen LogP) is 3.56. The van der Waals surface area contributed by atoms with Gasteiger partial charge >= 0.3 is 0 Å². The number of benzene rings is 2. The molecule has 1 amide bonds. The highest BCUT2D eigenvalue weighted by Crippen LogP contribution is 2.22. The SMILES string of the molecule is Cc1ccc([C@H](CNC(=O)c2cccc(Br)c2)N2CCOCC2)cc1. The summed E-state index contributed by atoms with van der Waals surface area (Å²) in [6, 6.07) is 16.2. The number of halogens is 1. The summed E-state index contributed by atoms with van der Waals surface area (Å²) in [4.78, 5) is 14.9. The maximum atomic E-state index is 12.5. The fourth-order valence-electron chi connectivity index (χ4n) is 3.06. The highest BCUT2D eigenvalue weighted by molar-refractivity contribution is 9.10. The normalized spacial score (nSPS) is 16.4. The number of hydrogen-bond donors (Lipinski definition) is 1. The third kappa shape index (κ3) is 4.91. The van der Waals surface area contributed by atoms with Crippen molar-refractivity contribution in [2.24, 2.45) is 0 Å². The van der Waals surface area contributed by atoms with Crippen LogP contribution in [0.15, 0.2) is 53.0 Å².